The molecule has 0 amide bonds. The van der Waals surface area contributed by atoms with Crippen LogP contribution in [-0.2, 0) is 0 Å². The van der Waals surface area contributed by atoms with E-state index in [4.69, 9.17) is 39.5 Å². The Kier molecular flexibility index (Phi) is 3.85. The van der Waals surface area contributed by atoms with Gasteiger partial charge < -0.3 is 4.74 Å². The van der Waals surface area contributed by atoms with Crippen molar-refractivity contribution in [1.82, 2.24) is 0 Å². The third kappa shape index (κ3) is 2.75. The first kappa shape index (κ1) is 15.0. The summed E-state index contributed by atoms with van der Waals surface area (Å²) in [5, 5.41) is 0.717. The molecule has 0 saturated heterocycles. The van der Waals surface area contributed by atoms with Crippen LogP contribution in [0.15, 0.2) is 42.5 Å². The van der Waals surface area contributed by atoms with Gasteiger partial charge in [-0.05, 0) is 47.9 Å². The van der Waals surface area contributed by atoms with Crippen LogP contribution in [0.3, 0.4) is 0 Å². The van der Waals surface area contributed by atoms with Gasteiger partial charge in [0.1, 0.15) is 10.1 Å². The third-order valence-electron chi connectivity index (χ3n) is 3.95. The molecule has 0 radical (unpaired) electrons. The van der Waals surface area contributed by atoms with Crippen LogP contribution in [-0.4, -0.2) is 11.4 Å². The molecule has 2 aromatic carbocycles. The van der Waals surface area contributed by atoms with E-state index in [1.807, 2.05) is 43.3 Å². The van der Waals surface area contributed by atoms with E-state index in [0.717, 1.165) is 27.5 Å². The van der Waals surface area contributed by atoms with Crippen LogP contribution in [0.5, 0.6) is 5.75 Å². The highest BCUT2D eigenvalue weighted by atomic mass is 35.5. The first-order valence-corrected chi connectivity index (χ1v) is 7.85. The van der Waals surface area contributed by atoms with Gasteiger partial charge in [-0.3, -0.25) is 0 Å². The summed E-state index contributed by atoms with van der Waals surface area (Å²) in [6.45, 7) is 2.02. The van der Waals surface area contributed by atoms with Crippen molar-refractivity contribution < 1.29 is 4.74 Å². The highest BCUT2D eigenvalue weighted by Gasteiger charge is 2.64. The summed E-state index contributed by atoms with van der Waals surface area (Å²) in [5.74, 6) is 0.959. The summed E-state index contributed by atoms with van der Waals surface area (Å²) < 4.78 is 4.39. The molecule has 0 aromatic heterocycles. The standard InChI is InChI=1S/C17H15Cl3O/c1-10-7-12(9-13(18)8-10)16-15(17(16,19)20)11-3-5-14(21-2)6-4-11/h3-9,15-16H,1-2H3/t15-,16-/m1/s1. The minimum absolute atomic E-state index is 0.0617. The molecule has 110 valence electrons. The van der Waals surface area contributed by atoms with Crippen molar-refractivity contribution in [1.29, 1.82) is 0 Å². The zero-order chi connectivity index (χ0) is 15.2. The lowest BCUT2D eigenvalue weighted by Crippen LogP contribution is -1.91. The van der Waals surface area contributed by atoms with Gasteiger partial charge in [0.05, 0.1) is 7.11 Å². The van der Waals surface area contributed by atoms with Gasteiger partial charge >= 0.3 is 0 Å². The van der Waals surface area contributed by atoms with Gasteiger partial charge in [0, 0.05) is 16.9 Å². The molecule has 2 aromatic rings. The second kappa shape index (κ2) is 5.39. The fourth-order valence-corrected chi connectivity index (χ4v) is 4.09. The highest BCUT2D eigenvalue weighted by molar-refractivity contribution is 6.52. The molecule has 0 N–H and O–H groups in total. The molecule has 3 rings (SSSR count). The van der Waals surface area contributed by atoms with Crippen LogP contribution >= 0.6 is 34.8 Å². The summed E-state index contributed by atoms with van der Waals surface area (Å²) >= 11 is 19.2. The number of rotatable bonds is 3. The van der Waals surface area contributed by atoms with Crippen LogP contribution in [0.2, 0.25) is 5.02 Å². The van der Waals surface area contributed by atoms with E-state index in [1.165, 1.54) is 0 Å². The molecule has 1 saturated carbocycles. The number of halogens is 3. The molecule has 0 heterocycles. The Bertz CT molecular complexity index is 644. The van der Waals surface area contributed by atoms with E-state index >= 15 is 0 Å². The van der Waals surface area contributed by atoms with Crippen LogP contribution < -0.4 is 4.74 Å². The first-order chi connectivity index (χ1) is 9.93. The highest BCUT2D eigenvalue weighted by Crippen LogP contribution is 2.70. The fourth-order valence-electron chi connectivity index (χ4n) is 2.91. The zero-order valence-corrected chi connectivity index (χ0v) is 14.0. The number of ether oxygens (including phenoxy) is 1. The Labute approximate surface area is 139 Å². The number of benzene rings is 2. The quantitative estimate of drug-likeness (QED) is 0.649. The van der Waals surface area contributed by atoms with E-state index in [9.17, 15) is 0 Å². The third-order valence-corrected chi connectivity index (χ3v) is 5.11. The molecule has 0 unspecified atom stereocenters. The van der Waals surface area contributed by atoms with Crippen molar-refractivity contribution >= 4 is 34.8 Å². The van der Waals surface area contributed by atoms with Crippen LogP contribution in [0.25, 0.3) is 0 Å². The zero-order valence-electron chi connectivity index (χ0n) is 11.7. The predicted octanol–water partition coefficient (Wildman–Crippen LogP) is 5.71. The fraction of sp³-hybridized carbons (Fsp3) is 0.294. The molecular formula is C17H15Cl3O. The summed E-state index contributed by atoms with van der Waals surface area (Å²) in [7, 11) is 1.65. The smallest absolute Gasteiger partial charge is 0.133 e. The molecule has 1 fully saturated rings. The second-order valence-electron chi connectivity index (χ2n) is 5.46. The van der Waals surface area contributed by atoms with Gasteiger partial charge in [-0.2, -0.15) is 0 Å². The SMILES string of the molecule is COc1ccc([C@@H]2[C@@H](c3cc(C)cc(Cl)c3)C2(Cl)Cl)cc1. The minimum Gasteiger partial charge on any atom is -0.497 e. The lowest BCUT2D eigenvalue weighted by Gasteiger charge is -2.04. The van der Waals surface area contributed by atoms with Gasteiger partial charge in [0.2, 0.25) is 0 Å². The Hall–Kier alpha value is -0.890. The van der Waals surface area contributed by atoms with Crippen molar-refractivity contribution in [3.05, 3.63) is 64.2 Å². The lowest BCUT2D eigenvalue weighted by molar-refractivity contribution is 0.414. The van der Waals surface area contributed by atoms with Crippen molar-refractivity contribution in [2.24, 2.45) is 0 Å². The minimum atomic E-state index is -0.786. The average molecular weight is 342 g/mol. The maximum Gasteiger partial charge on any atom is 0.133 e. The summed E-state index contributed by atoms with van der Waals surface area (Å²) in [6.07, 6.45) is 0. The second-order valence-corrected chi connectivity index (χ2v) is 7.35. The van der Waals surface area contributed by atoms with Gasteiger partial charge in [-0.15, -0.1) is 23.2 Å². The Morgan fingerprint density at radius 3 is 2.14 bits per heavy atom. The monoisotopic (exact) mass is 340 g/mol. The van der Waals surface area contributed by atoms with Gasteiger partial charge in [0.15, 0.2) is 0 Å². The lowest BCUT2D eigenvalue weighted by atomic mass is 10.0. The molecule has 0 spiro atoms. The number of alkyl halides is 2. The number of hydrogen-bond donors (Lipinski definition) is 0. The summed E-state index contributed by atoms with van der Waals surface area (Å²) in [5.41, 5.74) is 3.32. The Morgan fingerprint density at radius 2 is 1.57 bits per heavy atom. The van der Waals surface area contributed by atoms with E-state index in [2.05, 4.69) is 6.07 Å². The topological polar surface area (TPSA) is 9.23 Å². The molecule has 4 heteroatoms. The largest absolute Gasteiger partial charge is 0.497 e. The number of methoxy groups -OCH3 is 1. The van der Waals surface area contributed by atoms with Crippen molar-refractivity contribution in [2.45, 2.75) is 23.1 Å². The van der Waals surface area contributed by atoms with E-state index in [0.29, 0.717) is 0 Å². The van der Waals surface area contributed by atoms with Crippen molar-refractivity contribution in [3.63, 3.8) is 0 Å². The van der Waals surface area contributed by atoms with Crippen LogP contribution in [0, 0.1) is 6.92 Å². The Morgan fingerprint density at radius 1 is 0.952 bits per heavy atom. The molecule has 1 nitrogen and oxygen atoms in total. The maximum absolute atomic E-state index is 6.51. The van der Waals surface area contributed by atoms with E-state index in [1.54, 1.807) is 7.11 Å². The van der Waals surface area contributed by atoms with Crippen molar-refractivity contribution in [2.75, 3.05) is 7.11 Å². The van der Waals surface area contributed by atoms with Gasteiger partial charge in [-0.1, -0.05) is 29.8 Å². The molecule has 21 heavy (non-hydrogen) atoms. The number of hydrogen-bond acceptors (Lipinski definition) is 1. The molecule has 1 aliphatic carbocycles. The van der Waals surface area contributed by atoms with Gasteiger partial charge in [-0.25, -0.2) is 0 Å². The normalized spacial score (nSPS) is 22.9. The van der Waals surface area contributed by atoms with E-state index < -0.39 is 4.33 Å². The van der Waals surface area contributed by atoms with Crippen molar-refractivity contribution in [3.8, 4) is 5.75 Å². The first-order valence-electron chi connectivity index (χ1n) is 6.72. The molecule has 2 atom stereocenters. The summed E-state index contributed by atoms with van der Waals surface area (Å²) in [4.78, 5) is 0. The Balaban J connectivity index is 1.93. The van der Waals surface area contributed by atoms with Crippen LogP contribution in [0.1, 0.15) is 28.5 Å². The molecule has 0 aliphatic heterocycles. The molecular weight excluding hydrogens is 327 g/mol. The van der Waals surface area contributed by atoms with Gasteiger partial charge in [0.25, 0.3) is 0 Å². The van der Waals surface area contributed by atoms with Crippen LogP contribution in [0.4, 0.5) is 0 Å². The maximum atomic E-state index is 6.51. The summed E-state index contributed by atoms with van der Waals surface area (Å²) in [6, 6.07) is 13.9. The van der Waals surface area contributed by atoms with E-state index in [-0.39, 0.29) is 11.8 Å². The molecule has 1 aliphatic rings. The molecule has 0 bridgehead atoms. The number of aryl methyl sites for hydroxylation is 1. The predicted molar refractivity (Wildman–Crippen MR) is 89.1 cm³/mol. The average Bonchev–Trinajstić information content (AvgIpc) is 3.00.